The Hall–Kier alpha value is -0.890. The zero-order valence-electron chi connectivity index (χ0n) is 11.8. The van der Waals surface area contributed by atoms with E-state index in [9.17, 15) is 13.5 Å². The molecule has 1 aromatic rings. The maximum Gasteiger partial charge on any atom is 0.242 e. The van der Waals surface area contributed by atoms with Crippen LogP contribution in [0.1, 0.15) is 26.5 Å². The second-order valence-electron chi connectivity index (χ2n) is 5.03. The minimum atomic E-state index is -3.62. The summed E-state index contributed by atoms with van der Waals surface area (Å²) in [7, 11) is -2.10. The molecule has 0 fully saturated rings. The molecule has 0 saturated heterocycles. The van der Waals surface area contributed by atoms with Crippen LogP contribution in [0.2, 0.25) is 0 Å². The van der Waals surface area contributed by atoms with Crippen molar-refractivity contribution in [2.75, 3.05) is 13.7 Å². The van der Waals surface area contributed by atoms with E-state index in [2.05, 4.69) is 4.72 Å². The third-order valence-electron chi connectivity index (χ3n) is 2.69. The number of sulfonamides is 1. The molecule has 0 radical (unpaired) electrons. The first-order chi connectivity index (χ1) is 8.75. The van der Waals surface area contributed by atoms with Gasteiger partial charge in [0.05, 0.1) is 23.6 Å². The standard InChI is InChI=1S/C12H22N2O4S/c1-5-14-7-11(6-10(14)8-15)19(16,17)13-12(2,3)9-18-4/h6-7,13,15H,5,8-9H2,1-4H3. The van der Waals surface area contributed by atoms with Gasteiger partial charge in [0.15, 0.2) is 0 Å². The molecule has 0 amide bonds. The van der Waals surface area contributed by atoms with Crippen molar-refractivity contribution in [3.05, 3.63) is 18.0 Å². The van der Waals surface area contributed by atoms with Gasteiger partial charge in [0, 0.05) is 25.5 Å². The lowest BCUT2D eigenvalue weighted by Crippen LogP contribution is -2.46. The van der Waals surface area contributed by atoms with Gasteiger partial charge in [0.25, 0.3) is 0 Å². The number of aliphatic hydroxyl groups excluding tert-OH is 1. The molecule has 0 aromatic carbocycles. The number of nitrogens with zero attached hydrogens (tertiary/aromatic N) is 1. The summed E-state index contributed by atoms with van der Waals surface area (Å²) >= 11 is 0. The molecule has 1 aromatic heterocycles. The van der Waals surface area contributed by atoms with Gasteiger partial charge in [0.2, 0.25) is 10.0 Å². The topological polar surface area (TPSA) is 80.6 Å². The van der Waals surface area contributed by atoms with Crippen LogP contribution >= 0.6 is 0 Å². The van der Waals surface area contributed by atoms with Crippen molar-refractivity contribution < 1.29 is 18.3 Å². The highest BCUT2D eigenvalue weighted by molar-refractivity contribution is 7.89. The Labute approximate surface area is 114 Å². The van der Waals surface area contributed by atoms with Gasteiger partial charge < -0.3 is 14.4 Å². The zero-order chi connectivity index (χ0) is 14.7. The fourth-order valence-corrected chi connectivity index (χ4v) is 3.37. The van der Waals surface area contributed by atoms with Crippen molar-refractivity contribution in [2.45, 2.75) is 44.4 Å². The number of ether oxygens (including phenoxy) is 1. The second kappa shape index (κ2) is 6.04. The highest BCUT2D eigenvalue weighted by Crippen LogP contribution is 2.17. The van der Waals surface area contributed by atoms with E-state index in [-0.39, 0.29) is 18.1 Å². The molecule has 0 aliphatic heterocycles. The summed E-state index contributed by atoms with van der Waals surface area (Å²) in [6, 6.07) is 1.48. The number of nitrogens with one attached hydrogen (secondary N) is 1. The molecule has 0 atom stereocenters. The average Bonchev–Trinajstić information content (AvgIpc) is 2.70. The predicted octanol–water partition coefficient (Wildman–Crippen LogP) is 0.704. The summed E-state index contributed by atoms with van der Waals surface area (Å²) < 4.78 is 33.8. The molecular weight excluding hydrogens is 268 g/mol. The van der Waals surface area contributed by atoms with Crippen LogP contribution in [0.25, 0.3) is 0 Å². The van der Waals surface area contributed by atoms with Crippen LogP contribution < -0.4 is 4.72 Å². The van der Waals surface area contributed by atoms with Crippen LogP contribution in [0.5, 0.6) is 0 Å². The summed E-state index contributed by atoms with van der Waals surface area (Å²) in [6.45, 7) is 6.07. The van der Waals surface area contributed by atoms with Gasteiger partial charge in [-0.3, -0.25) is 0 Å². The molecule has 0 unspecified atom stereocenters. The number of hydrogen-bond acceptors (Lipinski definition) is 4. The second-order valence-corrected chi connectivity index (χ2v) is 6.72. The first kappa shape index (κ1) is 16.2. The molecular formula is C12H22N2O4S. The predicted molar refractivity (Wildman–Crippen MR) is 72.3 cm³/mol. The van der Waals surface area contributed by atoms with Crippen LogP contribution in [0, 0.1) is 0 Å². The number of aliphatic hydroxyl groups is 1. The minimum absolute atomic E-state index is 0.155. The number of aryl methyl sites for hydroxylation is 1. The number of rotatable bonds is 7. The van der Waals surface area contributed by atoms with Gasteiger partial charge in [-0.1, -0.05) is 0 Å². The van der Waals surface area contributed by atoms with Crippen molar-refractivity contribution in [3.63, 3.8) is 0 Å². The molecule has 0 bridgehead atoms. The third kappa shape index (κ3) is 4.04. The summed E-state index contributed by atoms with van der Waals surface area (Å²) in [5.41, 5.74) is -0.117. The van der Waals surface area contributed by atoms with Crippen molar-refractivity contribution in [3.8, 4) is 0 Å². The van der Waals surface area contributed by atoms with E-state index in [4.69, 9.17) is 4.74 Å². The van der Waals surface area contributed by atoms with E-state index in [1.54, 1.807) is 18.4 Å². The minimum Gasteiger partial charge on any atom is -0.390 e. The Morgan fingerprint density at radius 3 is 2.53 bits per heavy atom. The zero-order valence-corrected chi connectivity index (χ0v) is 12.6. The fourth-order valence-electron chi connectivity index (χ4n) is 1.91. The Kier molecular flexibility index (Phi) is 5.14. The lowest BCUT2D eigenvalue weighted by Gasteiger charge is -2.24. The van der Waals surface area contributed by atoms with E-state index >= 15 is 0 Å². The smallest absolute Gasteiger partial charge is 0.242 e. The molecule has 1 heterocycles. The van der Waals surface area contributed by atoms with Crippen molar-refractivity contribution in [1.82, 2.24) is 9.29 Å². The Bertz CT molecular complexity index is 498. The van der Waals surface area contributed by atoms with Gasteiger partial charge in [-0.2, -0.15) is 0 Å². The van der Waals surface area contributed by atoms with Gasteiger partial charge in [-0.05, 0) is 26.8 Å². The summed E-state index contributed by atoms with van der Waals surface area (Å²) in [4.78, 5) is 0.155. The van der Waals surface area contributed by atoms with Crippen LogP contribution in [0.4, 0.5) is 0 Å². The molecule has 0 spiro atoms. The number of aromatic nitrogens is 1. The van der Waals surface area contributed by atoms with Gasteiger partial charge in [0.1, 0.15) is 0 Å². The van der Waals surface area contributed by atoms with Crippen molar-refractivity contribution in [1.29, 1.82) is 0 Å². The highest BCUT2D eigenvalue weighted by atomic mass is 32.2. The molecule has 110 valence electrons. The molecule has 2 N–H and O–H groups in total. The van der Waals surface area contributed by atoms with Crippen LogP contribution in [0.3, 0.4) is 0 Å². The van der Waals surface area contributed by atoms with Crippen LogP contribution in [-0.4, -0.2) is 37.3 Å². The lowest BCUT2D eigenvalue weighted by atomic mass is 10.1. The third-order valence-corrected chi connectivity index (χ3v) is 4.35. The van der Waals surface area contributed by atoms with E-state index in [0.29, 0.717) is 12.2 Å². The molecule has 1 rings (SSSR count). The molecule has 0 saturated carbocycles. The molecule has 7 heteroatoms. The molecule has 0 aliphatic rings. The first-order valence-electron chi connectivity index (χ1n) is 6.08. The normalized spacial score (nSPS) is 12.9. The van der Waals surface area contributed by atoms with Gasteiger partial charge in [-0.25, -0.2) is 13.1 Å². The van der Waals surface area contributed by atoms with Crippen molar-refractivity contribution >= 4 is 10.0 Å². The maximum atomic E-state index is 12.3. The maximum absolute atomic E-state index is 12.3. The summed E-state index contributed by atoms with van der Waals surface area (Å²) in [6.07, 6.45) is 1.52. The Morgan fingerprint density at radius 1 is 1.47 bits per heavy atom. The summed E-state index contributed by atoms with van der Waals surface area (Å²) in [5.74, 6) is 0. The fraction of sp³-hybridized carbons (Fsp3) is 0.667. The average molecular weight is 290 g/mol. The molecule has 0 aliphatic carbocycles. The van der Waals surface area contributed by atoms with Crippen LogP contribution in [0.15, 0.2) is 17.2 Å². The SMILES string of the molecule is CCn1cc(S(=O)(=O)NC(C)(C)COC)cc1CO. The Morgan fingerprint density at radius 2 is 2.11 bits per heavy atom. The summed E-state index contributed by atoms with van der Waals surface area (Å²) in [5, 5.41) is 9.19. The Balaban J connectivity index is 3.04. The molecule has 6 nitrogen and oxygen atoms in total. The quantitative estimate of drug-likeness (QED) is 0.775. The monoisotopic (exact) mass is 290 g/mol. The highest BCUT2D eigenvalue weighted by Gasteiger charge is 2.27. The number of methoxy groups -OCH3 is 1. The van der Waals surface area contributed by atoms with E-state index in [1.807, 2.05) is 6.92 Å². The van der Waals surface area contributed by atoms with Crippen LogP contribution in [-0.2, 0) is 27.9 Å². The largest absolute Gasteiger partial charge is 0.390 e. The lowest BCUT2D eigenvalue weighted by molar-refractivity contribution is 0.141. The van der Waals surface area contributed by atoms with Crippen molar-refractivity contribution in [2.24, 2.45) is 0 Å². The van der Waals surface area contributed by atoms with E-state index < -0.39 is 15.6 Å². The van der Waals surface area contributed by atoms with E-state index in [0.717, 1.165) is 0 Å². The van der Waals surface area contributed by atoms with Gasteiger partial charge in [-0.15, -0.1) is 0 Å². The van der Waals surface area contributed by atoms with E-state index in [1.165, 1.54) is 19.4 Å². The molecule has 19 heavy (non-hydrogen) atoms. The number of hydrogen-bond donors (Lipinski definition) is 2. The first-order valence-corrected chi connectivity index (χ1v) is 7.57. The van der Waals surface area contributed by atoms with Gasteiger partial charge >= 0.3 is 0 Å².